The van der Waals surface area contributed by atoms with Crippen LogP contribution in [0.5, 0.6) is 0 Å². The van der Waals surface area contributed by atoms with E-state index in [2.05, 4.69) is 53.3 Å². The van der Waals surface area contributed by atoms with Gasteiger partial charge in [-0.2, -0.15) is 0 Å². The van der Waals surface area contributed by atoms with Crippen LogP contribution >= 0.6 is 11.3 Å². The molecule has 0 amide bonds. The van der Waals surface area contributed by atoms with Crippen LogP contribution in [-0.4, -0.2) is 37.6 Å². The van der Waals surface area contributed by atoms with E-state index in [1.165, 1.54) is 41.8 Å². The first-order chi connectivity index (χ1) is 9.72. The van der Waals surface area contributed by atoms with Crippen LogP contribution in [0, 0.1) is 5.92 Å². The highest BCUT2D eigenvalue weighted by molar-refractivity contribution is 7.17. The fourth-order valence-corrected chi connectivity index (χ4v) is 3.63. The third-order valence-corrected chi connectivity index (χ3v) is 5.08. The lowest BCUT2D eigenvalue weighted by Gasteiger charge is -2.36. The van der Waals surface area contributed by atoms with Gasteiger partial charge in [-0.1, -0.05) is 19.9 Å². The van der Waals surface area contributed by atoms with E-state index >= 15 is 0 Å². The van der Waals surface area contributed by atoms with Gasteiger partial charge in [-0.05, 0) is 47.8 Å². The van der Waals surface area contributed by atoms with Gasteiger partial charge in [-0.15, -0.1) is 11.3 Å². The van der Waals surface area contributed by atoms with Crippen molar-refractivity contribution in [2.45, 2.75) is 20.3 Å². The monoisotopic (exact) mass is 288 g/mol. The molecule has 1 fully saturated rings. The molecule has 0 atom stereocenters. The summed E-state index contributed by atoms with van der Waals surface area (Å²) in [5.41, 5.74) is 1.39. The maximum Gasteiger partial charge on any atom is 0.0381 e. The molecule has 1 aliphatic heterocycles. The van der Waals surface area contributed by atoms with Gasteiger partial charge in [0.2, 0.25) is 0 Å². The Morgan fingerprint density at radius 1 is 1.10 bits per heavy atom. The van der Waals surface area contributed by atoms with Crippen molar-refractivity contribution in [1.29, 1.82) is 0 Å². The number of piperazine rings is 1. The zero-order chi connectivity index (χ0) is 13.9. The Kier molecular flexibility index (Phi) is 4.27. The molecule has 3 heteroatoms. The highest BCUT2D eigenvalue weighted by Gasteiger charge is 2.17. The molecule has 20 heavy (non-hydrogen) atoms. The van der Waals surface area contributed by atoms with Crippen molar-refractivity contribution < 1.29 is 0 Å². The second-order valence-electron chi connectivity index (χ2n) is 6.15. The second-order valence-corrected chi connectivity index (χ2v) is 7.10. The van der Waals surface area contributed by atoms with Gasteiger partial charge in [-0.3, -0.25) is 4.90 Å². The number of hydrogen-bond acceptors (Lipinski definition) is 3. The third kappa shape index (κ3) is 3.15. The topological polar surface area (TPSA) is 6.48 Å². The van der Waals surface area contributed by atoms with Gasteiger partial charge in [0, 0.05) is 36.6 Å². The van der Waals surface area contributed by atoms with Crippen LogP contribution in [0.3, 0.4) is 0 Å². The van der Waals surface area contributed by atoms with Crippen LogP contribution in [0.25, 0.3) is 10.1 Å². The van der Waals surface area contributed by atoms with E-state index in [9.17, 15) is 0 Å². The highest BCUT2D eigenvalue weighted by Crippen LogP contribution is 2.27. The first-order valence-corrected chi connectivity index (χ1v) is 8.55. The SMILES string of the molecule is CC(C)CCN1CCN(c2ccc3ccsc3c2)CC1. The van der Waals surface area contributed by atoms with E-state index in [1.54, 1.807) is 0 Å². The maximum atomic E-state index is 2.61. The summed E-state index contributed by atoms with van der Waals surface area (Å²) in [6, 6.07) is 9.09. The molecule has 0 saturated carbocycles. The molecule has 2 nitrogen and oxygen atoms in total. The van der Waals surface area contributed by atoms with Crippen molar-refractivity contribution in [2.24, 2.45) is 5.92 Å². The number of benzene rings is 1. The number of fused-ring (bicyclic) bond motifs is 1. The number of rotatable bonds is 4. The Labute approximate surface area is 126 Å². The average Bonchev–Trinajstić information content (AvgIpc) is 2.93. The molecule has 3 rings (SSSR count). The molecule has 0 unspecified atom stereocenters. The summed E-state index contributed by atoms with van der Waals surface area (Å²) in [5.74, 6) is 0.814. The Hall–Kier alpha value is -1.06. The van der Waals surface area contributed by atoms with Crippen molar-refractivity contribution in [2.75, 3.05) is 37.6 Å². The summed E-state index contributed by atoms with van der Waals surface area (Å²) < 4.78 is 1.41. The standard InChI is InChI=1S/C17H24N2S/c1-14(2)5-7-18-8-10-19(11-9-18)16-4-3-15-6-12-20-17(15)13-16/h3-4,6,12-14H,5,7-11H2,1-2H3. The van der Waals surface area contributed by atoms with Gasteiger partial charge in [-0.25, -0.2) is 0 Å². The molecule has 0 radical (unpaired) electrons. The van der Waals surface area contributed by atoms with Crippen LogP contribution in [0.1, 0.15) is 20.3 Å². The Morgan fingerprint density at radius 2 is 1.90 bits per heavy atom. The van der Waals surface area contributed by atoms with Crippen LogP contribution in [0.2, 0.25) is 0 Å². The molecule has 0 spiro atoms. The van der Waals surface area contributed by atoms with Gasteiger partial charge >= 0.3 is 0 Å². The summed E-state index contributed by atoms with van der Waals surface area (Å²) in [7, 11) is 0. The van der Waals surface area contributed by atoms with Crippen LogP contribution in [0.4, 0.5) is 5.69 Å². The first-order valence-electron chi connectivity index (χ1n) is 7.67. The van der Waals surface area contributed by atoms with Crippen molar-refractivity contribution in [3.63, 3.8) is 0 Å². The zero-order valence-corrected chi connectivity index (χ0v) is 13.3. The lowest BCUT2D eigenvalue weighted by Crippen LogP contribution is -2.46. The summed E-state index contributed by atoms with van der Waals surface area (Å²) in [4.78, 5) is 5.14. The fraction of sp³-hybridized carbons (Fsp3) is 0.529. The third-order valence-electron chi connectivity index (χ3n) is 4.20. The molecule has 1 aromatic heterocycles. The summed E-state index contributed by atoms with van der Waals surface area (Å²) >= 11 is 1.84. The molecule has 1 saturated heterocycles. The average molecular weight is 288 g/mol. The number of nitrogens with zero attached hydrogens (tertiary/aromatic N) is 2. The predicted molar refractivity (Wildman–Crippen MR) is 89.9 cm³/mol. The van der Waals surface area contributed by atoms with Crippen molar-refractivity contribution in [1.82, 2.24) is 4.90 Å². The van der Waals surface area contributed by atoms with E-state index in [1.807, 2.05) is 11.3 Å². The number of hydrogen-bond donors (Lipinski definition) is 0. The lowest BCUT2D eigenvalue weighted by molar-refractivity contribution is 0.244. The Bertz CT molecular complexity index is 553. The van der Waals surface area contributed by atoms with Gasteiger partial charge in [0.05, 0.1) is 0 Å². The minimum atomic E-state index is 0.814. The molecule has 2 aromatic rings. The molecule has 0 N–H and O–H groups in total. The minimum Gasteiger partial charge on any atom is -0.369 e. The molecule has 2 heterocycles. The van der Waals surface area contributed by atoms with E-state index in [0.29, 0.717) is 0 Å². The second kappa shape index (κ2) is 6.15. The summed E-state index contributed by atoms with van der Waals surface area (Å²) in [6.45, 7) is 10.6. The minimum absolute atomic E-state index is 0.814. The molecular formula is C17H24N2S. The molecule has 108 valence electrons. The normalized spacial score (nSPS) is 17.2. The predicted octanol–water partition coefficient (Wildman–Crippen LogP) is 4.07. The molecular weight excluding hydrogens is 264 g/mol. The number of anilines is 1. The lowest BCUT2D eigenvalue weighted by atomic mass is 10.1. The molecule has 1 aliphatic rings. The van der Waals surface area contributed by atoms with Gasteiger partial charge in [0.15, 0.2) is 0 Å². The smallest absolute Gasteiger partial charge is 0.0381 e. The van der Waals surface area contributed by atoms with Crippen molar-refractivity contribution in [3.8, 4) is 0 Å². The Balaban J connectivity index is 1.59. The summed E-state index contributed by atoms with van der Waals surface area (Å²) in [6.07, 6.45) is 1.32. The Morgan fingerprint density at radius 3 is 2.65 bits per heavy atom. The maximum absolute atomic E-state index is 2.61. The molecule has 0 aliphatic carbocycles. The quantitative estimate of drug-likeness (QED) is 0.837. The van der Waals surface area contributed by atoms with Crippen LogP contribution in [-0.2, 0) is 0 Å². The number of thiophene rings is 1. The molecule has 1 aromatic carbocycles. The molecule has 0 bridgehead atoms. The summed E-state index contributed by atoms with van der Waals surface area (Å²) in [5, 5.41) is 3.55. The van der Waals surface area contributed by atoms with Gasteiger partial charge in [0.25, 0.3) is 0 Å². The van der Waals surface area contributed by atoms with E-state index in [-0.39, 0.29) is 0 Å². The van der Waals surface area contributed by atoms with E-state index < -0.39 is 0 Å². The first kappa shape index (κ1) is 13.9. The van der Waals surface area contributed by atoms with Crippen LogP contribution in [0.15, 0.2) is 29.6 Å². The largest absolute Gasteiger partial charge is 0.369 e. The van der Waals surface area contributed by atoms with Gasteiger partial charge in [0.1, 0.15) is 0 Å². The van der Waals surface area contributed by atoms with Crippen LogP contribution < -0.4 is 4.90 Å². The van der Waals surface area contributed by atoms with Crippen molar-refractivity contribution >= 4 is 27.1 Å². The van der Waals surface area contributed by atoms with Gasteiger partial charge < -0.3 is 4.90 Å². The fourth-order valence-electron chi connectivity index (χ4n) is 2.81. The van der Waals surface area contributed by atoms with E-state index in [0.717, 1.165) is 19.0 Å². The van der Waals surface area contributed by atoms with E-state index in [4.69, 9.17) is 0 Å². The highest BCUT2D eigenvalue weighted by atomic mass is 32.1. The zero-order valence-electron chi connectivity index (χ0n) is 12.5. The van der Waals surface area contributed by atoms with Crippen molar-refractivity contribution in [3.05, 3.63) is 29.6 Å².